The topological polar surface area (TPSA) is 30.5 Å². The van der Waals surface area contributed by atoms with E-state index in [-0.39, 0.29) is 6.04 Å². The van der Waals surface area contributed by atoms with Gasteiger partial charge < -0.3 is 14.8 Å². The van der Waals surface area contributed by atoms with Gasteiger partial charge in [-0.3, -0.25) is 0 Å². The third-order valence-corrected chi connectivity index (χ3v) is 3.15. The van der Waals surface area contributed by atoms with E-state index in [0.717, 1.165) is 16.3 Å². The third-order valence-electron chi connectivity index (χ3n) is 2.83. The first-order valence-corrected chi connectivity index (χ1v) is 6.15. The minimum atomic E-state index is -0.478. The lowest BCUT2D eigenvalue weighted by atomic mass is 10.1. The lowest BCUT2D eigenvalue weighted by Crippen LogP contribution is -2.45. The zero-order valence-electron chi connectivity index (χ0n) is 10.4. The quantitative estimate of drug-likeness (QED) is 0.880. The van der Waals surface area contributed by atoms with Gasteiger partial charge in [-0.05, 0) is 32.4 Å². The molecule has 2 rings (SSSR count). The van der Waals surface area contributed by atoms with Crippen molar-refractivity contribution in [3.05, 3.63) is 28.8 Å². The third kappa shape index (κ3) is 3.12. The number of ether oxygens (including phenoxy) is 2. The van der Waals surface area contributed by atoms with Crippen molar-refractivity contribution in [2.24, 2.45) is 0 Å². The van der Waals surface area contributed by atoms with Crippen molar-refractivity contribution in [2.45, 2.75) is 32.6 Å². The van der Waals surface area contributed by atoms with Gasteiger partial charge in [0.1, 0.15) is 0 Å². The summed E-state index contributed by atoms with van der Waals surface area (Å²) < 4.78 is 11.2. The normalized spacial score (nSPS) is 20.2. The SMILES string of the molecule is Cc1cccc(Cl)c1NC1COC(C)(C)OC1. The average Bonchev–Trinajstić information content (AvgIpc) is 2.26. The highest BCUT2D eigenvalue weighted by molar-refractivity contribution is 6.33. The molecule has 1 aliphatic heterocycles. The van der Waals surface area contributed by atoms with Gasteiger partial charge in [0, 0.05) is 0 Å². The second-order valence-electron chi connectivity index (χ2n) is 4.79. The van der Waals surface area contributed by atoms with Gasteiger partial charge >= 0.3 is 0 Å². The molecule has 0 atom stereocenters. The molecule has 1 saturated heterocycles. The summed E-state index contributed by atoms with van der Waals surface area (Å²) in [5.74, 6) is -0.478. The van der Waals surface area contributed by atoms with Crippen LogP contribution in [0.2, 0.25) is 5.02 Å². The van der Waals surface area contributed by atoms with Gasteiger partial charge in [0.2, 0.25) is 0 Å². The number of nitrogens with one attached hydrogen (secondary N) is 1. The van der Waals surface area contributed by atoms with Gasteiger partial charge in [0.05, 0.1) is 30.0 Å². The first-order valence-electron chi connectivity index (χ1n) is 5.77. The molecule has 94 valence electrons. The van der Waals surface area contributed by atoms with Crippen molar-refractivity contribution in [3.8, 4) is 0 Å². The minimum Gasteiger partial charge on any atom is -0.376 e. The van der Waals surface area contributed by atoms with Crippen molar-refractivity contribution in [1.82, 2.24) is 0 Å². The van der Waals surface area contributed by atoms with Crippen LogP contribution in [-0.2, 0) is 9.47 Å². The highest BCUT2D eigenvalue weighted by atomic mass is 35.5. The molecule has 1 N–H and O–H groups in total. The Balaban J connectivity index is 2.03. The number of hydrogen-bond donors (Lipinski definition) is 1. The lowest BCUT2D eigenvalue weighted by Gasteiger charge is -2.35. The zero-order chi connectivity index (χ0) is 12.5. The first kappa shape index (κ1) is 12.7. The summed E-state index contributed by atoms with van der Waals surface area (Å²) in [7, 11) is 0. The molecule has 3 nitrogen and oxygen atoms in total. The largest absolute Gasteiger partial charge is 0.376 e. The van der Waals surface area contributed by atoms with Crippen LogP contribution < -0.4 is 5.32 Å². The Kier molecular flexibility index (Phi) is 3.61. The number of hydrogen-bond acceptors (Lipinski definition) is 3. The summed E-state index contributed by atoms with van der Waals surface area (Å²) in [4.78, 5) is 0. The Bertz CT molecular complexity index is 376. The van der Waals surface area contributed by atoms with E-state index in [1.807, 2.05) is 39.0 Å². The molecule has 1 fully saturated rings. The molecule has 4 heteroatoms. The van der Waals surface area contributed by atoms with Gasteiger partial charge in [0.15, 0.2) is 5.79 Å². The van der Waals surface area contributed by atoms with Gasteiger partial charge in [-0.25, -0.2) is 0 Å². The molecule has 0 aliphatic carbocycles. The molecule has 1 aromatic rings. The zero-order valence-corrected chi connectivity index (χ0v) is 11.2. The van der Waals surface area contributed by atoms with Crippen LogP contribution in [0.3, 0.4) is 0 Å². The number of para-hydroxylation sites is 1. The van der Waals surface area contributed by atoms with Gasteiger partial charge in [0.25, 0.3) is 0 Å². The molecule has 1 aliphatic rings. The van der Waals surface area contributed by atoms with Crippen LogP contribution in [-0.4, -0.2) is 25.0 Å². The average molecular weight is 256 g/mol. The smallest absolute Gasteiger partial charge is 0.162 e. The molecule has 1 heterocycles. The molecule has 0 amide bonds. The van der Waals surface area contributed by atoms with Crippen LogP contribution in [0, 0.1) is 6.92 Å². The van der Waals surface area contributed by atoms with Crippen LogP contribution in [0.4, 0.5) is 5.69 Å². The Morgan fingerprint density at radius 3 is 2.53 bits per heavy atom. The van der Waals surface area contributed by atoms with E-state index in [1.165, 1.54) is 0 Å². The van der Waals surface area contributed by atoms with Crippen molar-refractivity contribution in [2.75, 3.05) is 18.5 Å². The predicted octanol–water partition coefficient (Wildman–Crippen LogP) is 3.21. The van der Waals surface area contributed by atoms with E-state index >= 15 is 0 Å². The van der Waals surface area contributed by atoms with Crippen molar-refractivity contribution in [1.29, 1.82) is 0 Å². The summed E-state index contributed by atoms with van der Waals surface area (Å²) in [6, 6.07) is 6.00. The lowest BCUT2D eigenvalue weighted by molar-refractivity contribution is -0.247. The number of anilines is 1. The van der Waals surface area contributed by atoms with E-state index in [4.69, 9.17) is 21.1 Å². The fourth-order valence-electron chi connectivity index (χ4n) is 1.79. The van der Waals surface area contributed by atoms with Crippen LogP contribution in [0.25, 0.3) is 0 Å². The van der Waals surface area contributed by atoms with Crippen molar-refractivity contribution >= 4 is 17.3 Å². The Hall–Kier alpha value is -0.770. The molecular weight excluding hydrogens is 238 g/mol. The molecule has 0 radical (unpaired) electrons. The summed E-state index contributed by atoms with van der Waals surface area (Å²) in [6.07, 6.45) is 0. The standard InChI is InChI=1S/C13H18ClNO2/c1-9-5-4-6-11(14)12(9)15-10-7-16-13(2,3)17-8-10/h4-6,10,15H,7-8H2,1-3H3. The second kappa shape index (κ2) is 4.84. The van der Waals surface area contributed by atoms with E-state index < -0.39 is 5.79 Å². The number of halogens is 1. The van der Waals surface area contributed by atoms with Crippen molar-refractivity contribution in [3.63, 3.8) is 0 Å². The Labute approximate surface area is 107 Å². The van der Waals surface area contributed by atoms with Gasteiger partial charge in [-0.1, -0.05) is 23.7 Å². The summed E-state index contributed by atoms with van der Waals surface area (Å²) in [5.41, 5.74) is 2.09. The van der Waals surface area contributed by atoms with Crippen LogP contribution in [0.1, 0.15) is 19.4 Å². The molecule has 0 bridgehead atoms. The van der Waals surface area contributed by atoms with Crippen LogP contribution in [0.5, 0.6) is 0 Å². The summed E-state index contributed by atoms with van der Waals surface area (Å²) in [6.45, 7) is 7.12. The Morgan fingerprint density at radius 1 is 1.29 bits per heavy atom. The Morgan fingerprint density at radius 2 is 1.94 bits per heavy atom. The number of aryl methyl sites for hydroxylation is 1. The van der Waals surface area contributed by atoms with Crippen molar-refractivity contribution < 1.29 is 9.47 Å². The second-order valence-corrected chi connectivity index (χ2v) is 5.20. The molecule has 0 saturated carbocycles. The molecule has 0 unspecified atom stereocenters. The van der Waals surface area contributed by atoms with E-state index in [2.05, 4.69) is 5.32 Å². The van der Waals surface area contributed by atoms with E-state index in [1.54, 1.807) is 0 Å². The molecule has 1 aromatic carbocycles. The maximum Gasteiger partial charge on any atom is 0.162 e. The number of benzene rings is 1. The molecule has 0 aromatic heterocycles. The maximum absolute atomic E-state index is 6.16. The van der Waals surface area contributed by atoms with E-state index in [9.17, 15) is 0 Å². The fourth-order valence-corrected chi connectivity index (χ4v) is 2.07. The summed E-state index contributed by atoms with van der Waals surface area (Å²) >= 11 is 6.16. The molecular formula is C13H18ClNO2. The molecule has 0 spiro atoms. The first-order chi connectivity index (χ1) is 7.98. The summed E-state index contributed by atoms with van der Waals surface area (Å²) in [5, 5.41) is 4.10. The van der Waals surface area contributed by atoms with Gasteiger partial charge in [-0.15, -0.1) is 0 Å². The van der Waals surface area contributed by atoms with E-state index in [0.29, 0.717) is 13.2 Å². The fraction of sp³-hybridized carbons (Fsp3) is 0.538. The highest BCUT2D eigenvalue weighted by Gasteiger charge is 2.28. The molecule has 17 heavy (non-hydrogen) atoms. The maximum atomic E-state index is 6.16. The minimum absolute atomic E-state index is 0.140. The van der Waals surface area contributed by atoms with Gasteiger partial charge in [-0.2, -0.15) is 0 Å². The number of rotatable bonds is 2. The predicted molar refractivity (Wildman–Crippen MR) is 69.6 cm³/mol. The van der Waals surface area contributed by atoms with Crippen LogP contribution >= 0.6 is 11.6 Å². The monoisotopic (exact) mass is 255 g/mol. The van der Waals surface area contributed by atoms with Crippen LogP contribution in [0.15, 0.2) is 18.2 Å². The highest BCUT2D eigenvalue weighted by Crippen LogP contribution is 2.27.